The molecule has 1 aromatic carbocycles. The van der Waals surface area contributed by atoms with Crippen molar-refractivity contribution in [1.29, 1.82) is 0 Å². The van der Waals surface area contributed by atoms with Gasteiger partial charge in [0.05, 0.1) is 15.9 Å². The molecule has 0 aliphatic heterocycles. The fraction of sp³-hybridized carbons (Fsp3) is 0.417. The number of rotatable bonds is 5. The second-order valence-corrected chi connectivity index (χ2v) is 5.04. The van der Waals surface area contributed by atoms with Crippen LogP contribution in [0.2, 0.25) is 0 Å². The van der Waals surface area contributed by atoms with Gasteiger partial charge in [0.25, 0.3) is 0 Å². The molecule has 0 bridgehead atoms. The van der Waals surface area contributed by atoms with Gasteiger partial charge in [-0.25, -0.2) is 4.79 Å². The molecule has 0 aliphatic carbocycles. The van der Waals surface area contributed by atoms with E-state index in [-0.39, 0.29) is 5.75 Å². The Morgan fingerprint density at radius 1 is 1.14 bits per heavy atom. The zero-order valence-corrected chi connectivity index (χ0v) is 11.7. The van der Waals surface area contributed by atoms with Crippen LogP contribution < -0.4 is 4.74 Å². The van der Waals surface area contributed by atoms with Gasteiger partial charge in [-0.05, 0) is 26.8 Å². The number of carbonyl (C=O) groups excluding carboxylic acids is 1. The van der Waals surface area contributed by atoms with Crippen LogP contribution in [0.15, 0.2) is 18.2 Å². The zero-order valence-electron chi connectivity index (χ0n) is 11.7. The van der Waals surface area contributed by atoms with Crippen LogP contribution in [0.3, 0.4) is 0 Å². The van der Waals surface area contributed by atoms with E-state index in [2.05, 4.69) is 0 Å². The number of esters is 1. The van der Waals surface area contributed by atoms with Crippen molar-refractivity contribution in [2.75, 3.05) is 6.61 Å². The molecule has 0 spiro atoms. The van der Waals surface area contributed by atoms with Crippen LogP contribution >= 0.6 is 0 Å². The maximum atomic E-state index is 11.4. The Hall–Kier alpha value is -2.71. The standard InChI is InChI=1S/C12H14N2O7/c1-12(2,3)21-11(15)7-20-8-4-5-9(13(16)17)10(6-8)14(18)19/h4-6H,7H2,1-3H3. The predicted octanol–water partition coefficient (Wildman–Crippen LogP) is 2.22. The highest BCUT2D eigenvalue weighted by molar-refractivity contribution is 5.71. The van der Waals surface area contributed by atoms with Crippen LogP contribution in [0.4, 0.5) is 11.4 Å². The maximum absolute atomic E-state index is 11.4. The number of hydrogen-bond donors (Lipinski definition) is 0. The highest BCUT2D eigenvalue weighted by atomic mass is 16.6. The average Bonchev–Trinajstić information content (AvgIpc) is 2.33. The van der Waals surface area contributed by atoms with Crippen molar-refractivity contribution in [3.8, 4) is 5.75 Å². The van der Waals surface area contributed by atoms with Gasteiger partial charge in [0, 0.05) is 6.07 Å². The maximum Gasteiger partial charge on any atom is 0.349 e. The first-order valence-electron chi connectivity index (χ1n) is 5.87. The highest BCUT2D eigenvalue weighted by Crippen LogP contribution is 2.30. The number of hydrogen-bond acceptors (Lipinski definition) is 7. The minimum atomic E-state index is -0.890. The van der Waals surface area contributed by atoms with Crippen LogP contribution in [0.1, 0.15) is 20.8 Å². The molecule has 0 fully saturated rings. The van der Waals surface area contributed by atoms with E-state index < -0.39 is 39.4 Å². The average molecular weight is 298 g/mol. The summed E-state index contributed by atoms with van der Waals surface area (Å²) >= 11 is 0. The van der Waals surface area contributed by atoms with Crippen LogP contribution in [-0.2, 0) is 9.53 Å². The molecule has 0 N–H and O–H groups in total. The summed E-state index contributed by atoms with van der Waals surface area (Å²) in [6.45, 7) is 4.59. The lowest BCUT2D eigenvalue weighted by Crippen LogP contribution is -2.27. The van der Waals surface area contributed by atoms with Gasteiger partial charge in [-0.1, -0.05) is 0 Å². The second-order valence-electron chi connectivity index (χ2n) is 5.04. The fourth-order valence-electron chi connectivity index (χ4n) is 1.41. The lowest BCUT2D eigenvalue weighted by atomic mass is 10.2. The van der Waals surface area contributed by atoms with Gasteiger partial charge in [-0.3, -0.25) is 20.2 Å². The number of nitro groups is 2. The third-order valence-corrected chi connectivity index (χ3v) is 2.12. The third kappa shape index (κ3) is 5.05. The summed E-state index contributed by atoms with van der Waals surface area (Å²) in [7, 11) is 0. The molecular weight excluding hydrogens is 284 g/mol. The Morgan fingerprint density at radius 3 is 2.19 bits per heavy atom. The van der Waals surface area contributed by atoms with E-state index in [0.29, 0.717) is 0 Å². The van der Waals surface area contributed by atoms with Crippen molar-refractivity contribution in [3.05, 3.63) is 38.4 Å². The van der Waals surface area contributed by atoms with Crippen molar-refractivity contribution in [2.45, 2.75) is 26.4 Å². The number of nitro benzene ring substituents is 2. The van der Waals surface area contributed by atoms with Gasteiger partial charge in [0.15, 0.2) is 6.61 Å². The van der Waals surface area contributed by atoms with Crippen molar-refractivity contribution in [1.82, 2.24) is 0 Å². The molecule has 21 heavy (non-hydrogen) atoms. The number of nitrogens with zero attached hydrogens (tertiary/aromatic N) is 2. The first-order valence-corrected chi connectivity index (χ1v) is 5.87. The van der Waals surface area contributed by atoms with E-state index in [1.165, 1.54) is 6.07 Å². The molecule has 114 valence electrons. The molecule has 0 saturated heterocycles. The van der Waals surface area contributed by atoms with E-state index in [4.69, 9.17) is 9.47 Å². The Labute approximate surface area is 119 Å². The number of benzene rings is 1. The van der Waals surface area contributed by atoms with Gasteiger partial charge in [-0.2, -0.15) is 0 Å². The second kappa shape index (κ2) is 6.16. The quantitative estimate of drug-likeness (QED) is 0.464. The number of ether oxygens (including phenoxy) is 2. The SMILES string of the molecule is CC(C)(C)OC(=O)COc1ccc([N+](=O)[O-])c([N+](=O)[O-])c1. The topological polar surface area (TPSA) is 122 Å². The summed E-state index contributed by atoms with van der Waals surface area (Å²) in [5.41, 5.74) is -2.03. The molecule has 1 aromatic rings. The van der Waals surface area contributed by atoms with Crippen LogP contribution in [-0.4, -0.2) is 28.0 Å². The molecule has 0 aromatic heterocycles. The summed E-state index contributed by atoms with van der Waals surface area (Å²) in [5, 5.41) is 21.4. The summed E-state index contributed by atoms with van der Waals surface area (Å²) in [6, 6.07) is 3.01. The summed E-state index contributed by atoms with van der Waals surface area (Å²) in [6.07, 6.45) is 0. The molecule has 0 amide bonds. The molecule has 0 heterocycles. The monoisotopic (exact) mass is 298 g/mol. The minimum Gasteiger partial charge on any atom is -0.482 e. The van der Waals surface area contributed by atoms with Crippen molar-refractivity contribution in [3.63, 3.8) is 0 Å². The smallest absolute Gasteiger partial charge is 0.349 e. The molecule has 0 atom stereocenters. The Bertz CT molecular complexity index is 577. The van der Waals surface area contributed by atoms with Crippen LogP contribution in [0.25, 0.3) is 0 Å². The molecule has 1 rings (SSSR count). The minimum absolute atomic E-state index is 0.0295. The molecule has 0 radical (unpaired) electrons. The van der Waals surface area contributed by atoms with Gasteiger partial charge < -0.3 is 9.47 Å². The van der Waals surface area contributed by atoms with Crippen molar-refractivity contribution in [2.24, 2.45) is 0 Å². The normalized spacial score (nSPS) is 10.8. The van der Waals surface area contributed by atoms with Crippen LogP contribution in [0, 0.1) is 20.2 Å². The zero-order chi connectivity index (χ0) is 16.2. The largest absolute Gasteiger partial charge is 0.482 e. The molecule has 0 saturated carbocycles. The first-order chi connectivity index (χ1) is 9.60. The summed E-state index contributed by atoms with van der Waals surface area (Å²) in [4.78, 5) is 31.1. The third-order valence-electron chi connectivity index (χ3n) is 2.12. The Morgan fingerprint density at radius 2 is 1.71 bits per heavy atom. The predicted molar refractivity (Wildman–Crippen MR) is 71.1 cm³/mol. The molecule has 0 unspecified atom stereocenters. The fourth-order valence-corrected chi connectivity index (χ4v) is 1.41. The van der Waals surface area contributed by atoms with Gasteiger partial charge in [-0.15, -0.1) is 0 Å². The van der Waals surface area contributed by atoms with Gasteiger partial charge >= 0.3 is 17.3 Å². The molecule has 0 aliphatic rings. The van der Waals surface area contributed by atoms with Gasteiger partial charge in [0.1, 0.15) is 11.4 Å². The van der Waals surface area contributed by atoms with E-state index in [0.717, 1.165) is 12.1 Å². The molecule has 9 heteroatoms. The molecular formula is C12H14N2O7. The summed E-state index contributed by atoms with van der Waals surface area (Å²) < 4.78 is 10.0. The molecule has 9 nitrogen and oxygen atoms in total. The summed E-state index contributed by atoms with van der Waals surface area (Å²) in [5.74, 6) is -0.679. The number of carbonyl (C=O) groups is 1. The van der Waals surface area contributed by atoms with Crippen LogP contribution in [0.5, 0.6) is 5.75 Å². The highest BCUT2D eigenvalue weighted by Gasteiger charge is 2.25. The first kappa shape index (κ1) is 16.3. The van der Waals surface area contributed by atoms with E-state index in [1.807, 2.05) is 0 Å². The Kier molecular flexibility index (Phi) is 4.79. The van der Waals surface area contributed by atoms with Crippen molar-refractivity contribution >= 4 is 17.3 Å². The van der Waals surface area contributed by atoms with Crippen molar-refractivity contribution < 1.29 is 24.1 Å². The van der Waals surface area contributed by atoms with E-state index in [1.54, 1.807) is 20.8 Å². The lowest BCUT2D eigenvalue weighted by molar-refractivity contribution is -0.422. The lowest BCUT2D eigenvalue weighted by Gasteiger charge is -2.19. The Balaban J connectivity index is 2.82. The van der Waals surface area contributed by atoms with E-state index >= 15 is 0 Å². The van der Waals surface area contributed by atoms with E-state index in [9.17, 15) is 25.0 Å². The van der Waals surface area contributed by atoms with Gasteiger partial charge in [0.2, 0.25) is 0 Å².